The lowest BCUT2D eigenvalue weighted by Gasteiger charge is -2.23. The summed E-state index contributed by atoms with van der Waals surface area (Å²) < 4.78 is 10.4. The van der Waals surface area contributed by atoms with Crippen molar-refractivity contribution in [2.45, 2.75) is 38.1 Å². The van der Waals surface area contributed by atoms with Gasteiger partial charge in [-0.25, -0.2) is 4.98 Å². The normalized spacial score (nSPS) is 14.5. The minimum absolute atomic E-state index is 0.261. The standard InChI is InChI=1S/C20H25N3O3/c1-25-17-10-14(11-18(12-17)26-2)20(24)23-19-9-8-16(13-21-19)22-15-6-4-3-5-7-15/h8-13,15,22H,3-7H2,1-2H3,(H,21,23,24). The number of anilines is 2. The molecule has 0 saturated heterocycles. The Morgan fingerprint density at radius 3 is 2.31 bits per heavy atom. The Balaban J connectivity index is 1.64. The molecule has 0 bridgehead atoms. The van der Waals surface area contributed by atoms with Crippen molar-refractivity contribution in [2.24, 2.45) is 0 Å². The van der Waals surface area contributed by atoms with Gasteiger partial charge in [0.05, 0.1) is 26.1 Å². The Hall–Kier alpha value is -2.76. The number of ether oxygens (including phenoxy) is 2. The predicted octanol–water partition coefficient (Wildman–Crippen LogP) is 4.10. The van der Waals surface area contributed by atoms with Crippen molar-refractivity contribution in [2.75, 3.05) is 24.9 Å². The van der Waals surface area contributed by atoms with Crippen LogP contribution in [0.2, 0.25) is 0 Å². The van der Waals surface area contributed by atoms with Gasteiger partial charge >= 0.3 is 0 Å². The van der Waals surface area contributed by atoms with E-state index in [1.807, 2.05) is 6.07 Å². The number of hydrogen-bond donors (Lipinski definition) is 2. The number of carbonyl (C=O) groups excluding carboxylic acids is 1. The van der Waals surface area contributed by atoms with Gasteiger partial charge in [-0.05, 0) is 37.1 Å². The van der Waals surface area contributed by atoms with Gasteiger partial charge in [0, 0.05) is 17.7 Å². The third-order valence-electron chi connectivity index (χ3n) is 4.59. The fourth-order valence-corrected chi connectivity index (χ4v) is 3.16. The summed E-state index contributed by atoms with van der Waals surface area (Å²) in [5, 5.41) is 6.32. The van der Waals surface area contributed by atoms with Crippen LogP contribution in [0.1, 0.15) is 42.5 Å². The highest BCUT2D eigenvalue weighted by Gasteiger charge is 2.14. The molecule has 1 aromatic carbocycles. The third-order valence-corrected chi connectivity index (χ3v) is 4.59. The van der Waals surface area contributed by atoms with Gasteiger partial charge in [-0.2, -0.15) is 0 Å². The van der Waals surface area contributed by atoms with E-state index >= 15 is 0 Å². The smallest absolute Gasteiger partial charge is 0.257 e. The van der Waals surface area contributed by atoms with E-state index in [9.17, 15) is 4.79 Å². The first-order valence-electron chi connectivity index (χ1n) is 8.95. The lowest BCUT2D eigenvalue weighted by Crippen LogP contribution is -2.22. The number of amides is 1. The summed E-state index contributed by atoms with van der Waals surface area (Å²) in [5.41, 5.74) is 1.44. The Labute approximate surface area is 153 Å². The average molecular weight is 355 g/mol. The number of aromatic nitrogens is 1. The Morgan fingerprint density at radius 2 is 1.73 bits per heavy atom. The SMILES string of the molecule is COc1cc(OC)cc(C(=O)Nc2ccc(NC3CCCCC3)cn2)c1. The monoisotopic (exact) mass is 355 g/mol. The maximum Gasteiger partial charge on any atom is 0.257 e. The second kappa shape index (κ2) is 8.56. The molecule has 1 aliphatic rings. The Morgan fingerprint density at radius 1 is 1.04 bits per heavy atom. The van der Waals surface area contributed by atoms with E-state index in [1.54, 1.807) is 44.7 Å². The van der Waals surface area contributed by atoms with Gasteiger partial charge in [0.25, 0.3) is 5.91 Å². The molecule has 0 spiro atoms. The molecule has 0 radical (unpaired) electrons. The molecule has 0 aliphatic heterocycles. The minimum atomic E-state index is -0.261. The molecule has 0 unspecified atom stereocenters. The lowest BCUT2D eigenvalue weighted by molar-refractivity contribution is 0.102. The van der Waals surface area contributed by atoms with Crippen molar-refractivity contribution < 1.29 is 14.3 Å². The van der Waals surface area contributed by atoms with Gasteiger partial charge in [0.1, 0.15) is 17.3 Å². The van der Waals surface area contributed by atoms with Gasteiger partial charge in [0.2, 0.25) is 0 Å². The molecular weight excluding hydrogens is 330 g/mol. The molecule has 1 heterocycles. The van der Waals surface area contributed by atoms with Crippen molar-refractivity contribution in [1.82, 2.24) is 4.98 Å². The van der Waals surface area contributed by atoms with Gasteiger partial charge in [-0.3, -0.25) is 4.79 Å². The molecule has 3 rings (SSSR count). The highest BCUT2D eigenvalue weighted by atomic mass is 16.5. The van der Waals surface area contributed by atoms with Crippen LogP contribution >= 0.6 is 0 Å². The molecule has 1 amide bonds. The Bertz CT molecular complexity index is 718. The van der Waals surface area contributed by atoms with Crippen LogP contribution in [0.3, 0.4) is 0 Å². The quantitative estimate of drug-likeness (QED) is 0.816. The zero-order valence-electron chi connectivity index (χ0n) is 15.2. The molecule has 1 aromatic heterocycles. The summed E-state index contributed by atoms with van der Waals surface area (Å²) in [6.07, 6.45) is 8.06. The van der Waals surface area contributed by atoms with Crippen LogP contribution in [0, 0.1) is 0 Å². The van der Waals surface area contributed by atoms with Crippen LogP contribution in [-0.2, 0) is 0 Å². The van der Waals surface area contributed by atoms with Crippen molar-refractivity contribution in [3.05, 3.63) is 42.1 Å². The first-order valence-corrected chi connectivity index (χ1v) is 8.95. The van der Waals surface area contributed by atoms with Crippen LogP contribution < -0.4 is 20.1 Å². The van der Waals surface area contributed by atoms with E-state index in [0.29, 0.717) is 28.9 Å². The van der Waals surface area contributed by atoms with Gasteiger partial charge in [-0.15, -0.1) is 0 Å². The van der Waals surface area contributed by atoms with Crippen LogP contribution in [0.4, 0.5) is 11.5 Å². The average Bonchev–Trinajstić information content (AvgIpc) is 2.69. The highest BCUT2D eigenvalue weighted by Crippen LogP contribution is 2.24. The maximum atomic E-state index is 12.5. The molecule has 0 atom stereocenters. The summed E-state index contributed by atoms with van der Waals surface area (Å²) in [7, 11) is 3.10. The first kappa shape index (κ1) is 18.0. The van der Waals surface area contributed by atoms with Crippen LogP contribution in [0.15, 0.2) is 36.5 Å². The number of benzene rings is 1. The highest BCUT2D eigenvalue weighted by molar-refractivity contribution is 6.04. The number of nitrogens with one attached hydrogen (secondary N) is 2. The summed E-state index contributed by atoms with van der Waals surface area (Å²) in [4.78, 5) is 16.8. The number of hydrogen-bond acceptors (Lipinski definition) is 5. The van der Waals surface area contributed by atoms with Gasteiger partial charge in [0.15, 0.2) is 0 Å². The number of carbonyl (C=O) groups is 1. The molecule has 1 saturated carbocycles. The van der Waals surface area contributed by atoms with E-state index < -0.39 is 0 Å². The van der Waals surface area contributed by atoms with Gasteiger partial charge in [-0.1, -0.05) is 19.3 Å². The molecule has 2 N–H and O–H groups in total. The van der Waals surface area contributed by atoms with E-state index in [4.69, 9.17) is 9.47 Å². The summed E-state index contributed by atoms with van der Waals surface area (Å²) >= 11 is 0. The molecule has 1 aliphatic carbocycles. The fraction of sp³-hybridized carbons (Fsp3) is 0.400. The molecule has 6 heteroatoms. The Kier molecular flexibility index (Phi) is 5.94. The molecule has 6 nitrogen and oxygen atoms in total. The summed E-state index contributed by atoms with van der Waals surface area (Å²) in [6.45, 7) is 0. The topological polar surface area (TPSA) is 72.5 Å². The van der Waals surface area contributed by atoms with E-state index in [-0.39, 0.29) is 5.91 Å². The zero-order chi connectivity index (χ0) is 18.4. The summed E-state index contributed by atoms with van der Waals surface area (Å²) in [6, 6.07) is 9.33. The predicted molar refractivity (Wildman–Crippen MR) is 102 cm³/mol. The molecule has 26 heavy (non-hydrogen) atoms. The van der Waals surface area contributed by atoms with Crippen molar-refractivity contribution in [3.8, 4) is 11.5 Å². The van der Waals surface area contributed by atoms with E-state index in [0.717, 1.165) is 5.69 Å². The van der Waals surface area contributed by atoms with E-state index in [2.05, 4.69) is 15.6 Å². The van der Waals surface area contributed by atoms with Crippen molar-refractivity contribution in [1.29, 1.82) is 0 Å². The van der Waals surface area contributed by atoms with Crippen LogP contribution in [0.25, 0.3) is 0 Å². The number of rotatable bonds is 6. The van der Waals surface area contributed by atoms with Crippen molar-refractivity contribution >= 4 is 17.4 Å². The largest absolute Gasteiger partial charge is 0.497 e. The maximum absolute atomic E-state index is 12.5. The molecule has 1 fully saturated rings. The molecule has 138 valence electrons. The second-order valence-electron chi connectivity index (χ2n) is 6.47. The van der Waals surface area contributed by atoms with Crippen LogP contribution in [0.5, 0.6) is 11.5 Å². The summed E-state index contributed by atoms with van der Waals surface area (Å²) in [5.74, 6) is 1.37. The molecule has 2 aromatic rings. The zero-order valence-corrected chi connectivity index (χ0v) is 15.2. The second-order valence-corrected chi connectivity index (χ2v) is 6.47. The van der Waals surface area contributed by atoms with Crippen molar-refractivity contribution in [3.63, 3.8) is 0 Å². The number of pyridine rings is 1. The number of nitrogens with zero attached hydrogens (tertiary/aromatic N) is 1. The van der Waals surface area contributed by atoms with E-state index in [1.165, 1.54) is 32.1 Å². The van der Waals surface area contributed by atoms with Crippen LogP contribution in [-0.4, -0.2) is 31.2 Å². The fourth-order valence-electron chi connectivity index (χ4n) is 3.16. The lowest BCUT2D eigenvalue weighted by atomic mass is 9.95. The first-order chi connectivity index (χ1) is 12.7. The third kappa shape index (κ3) is 4.65. The van der Waals surface area contributed by atoms with Gasteiger partial charge < -0.3 is 20.1 Å². The molecular formula is C20H25N3O3. The minimum Gasteiger partial charge on any atom is -0.497 e. The number of methoxy groups -OCH3 is 2.